The second-order valence-corrected chi connectivity index (χ2v) is 25.3. The van der Waals surface area contributed by atoms with E-state index in [1.165, 1.54) is 4.57 Å². The Kier molecular flexibility index (Phi) is 16.7. The average molecular weight is 1070 g/mol. The highest BCUT2D eigenvalue weighted by Crippen LogP contribution is 2.47. The summed E-state index contributed by atoms with van der Waals surface area (Å²) in [6.45, 7) is 13.1. The van der Waals surface area contributed by atoms with E-state index < -0.39 is 25.9 Å². The van der Waals surface area contributed by atoms with Crippen molar-refractivity contribution in [2.24, 2.45) is 5.92 Å². The molecule has 19 heteroatoms. The van der Waals surface area contributed by atoms with E-state index in [9.17, 15) is 32.7 Å². The molecule has 13 nitrogen and oxygen atoms in total. The highest BCUT2D eigenvalue weighted by atomic mass is 35.5. The number of likely N-dealkylation sites (N-methyl/N-ethyl adjacent to an activating group) is 1. The van der Waals surface area contributed by atoms with Gasteiger partial charge in [-0.3, -0.25) is 35.1 Å². The molecule has 0 saturated carbocycles. The molecule has 394 valence electrons. The van der Waals surface area contributed by atoms with Gasteiger partial charge in [-0.25, -0.2) is 0 Å². The van der Waals surface area contributed by atoms with Gasteiger partial charge in [-0.05, 0) is 151 Å². The lowest BCUT2D eigenvalue weighted by Gasteiger charge is -2.38. The number of likely N-dealkylation sites (tertiary alicyclic amines) is 2. The molecule has 3 aromatic carbocycles. The van der Waals surface area contributed by atoms with Crippen molar-refractivity contribution < 1.29 is 27.3 Å². The van der Waals surface area contributed by atoms with Gasteiger partial charge in [-0.1, -0.05) is 35.7 Å². The number of halogens is 4. The number of amides is 2. The maximum atomic E-state index is 14.0. The highest BCUT2D eigenvalue weighted by Gasteiger charge is 2.42. The fraction of sp³-hybridized carbons (Fsp3) is 0.455. The van der Waals surface area contributed by atoms with Crippen LogP contribution in [0.25, 0.3) is 10.9 Å². The van der Waals surface area contributed by atoms with Crippen LogP contribution in [0, 0.1) is 42.4 Å². The zero-order chi connectivity index (χ0) is 53.2. The Morgan fingerprint density at radius 3 is 2.28 bits per heavy atom. The van der Waals surface area contributed by atoms with Crippen molar-refractivity contribution in [3.63, 3.8) is 0 Å². The molecular weight excluding hydrogens is 1000 g/mol. The molecule has 0 spiro atoms. The first kappa shape index (κ1) is 54.6. The molecule has 2 aromatic heterocycles. The van der Waals surface area contributed by atoms with Gasteiger partial charge in [0, 0.05) is 82.2 Å². The number of carbonyl (C=O) groups is 2. The van der Waals surface area contributed by atoms with Crippen molar-refractivity contribution in [3.05, 3.63) is 105 Å². The highest BCUT2D eigenvalue weighted by molar-refractivity contribution is 7.70. The largest absolute Gasteiger partial charge is 0.406 e. The summed E-state index contributed by atoms with van der Waals surface area (Å²) in [6.07, 6.45) is -1.42. The van der Waals surface area contributed by atoms with E-state index >= 15 is 0 Å². The summed E-state index contributed by atoms with van der Waals surface area (Å²) in [6, 6.07) is 21.0. The number of amidine groups is 2. The molecule has 0 bridgehead atoms. The van der Waals surface area contributed by atoms with Gasteiger partial charge in [0.2, 0.25) is 11.8 Å². The minimum Gasteiger partial charge on any atom is -0.382 e. The van der Waals surface area contributed by atoms with E-state index in [2.05, 4.69) is 51.4 Å². The lowest BCUT2D eigenvalue weighted by atomic mass is 9.90. The van der Waals surface area contributed by atoms with Crippen molar-refractivity contribution >= 4 is 86.1 Å². The maximum Gasteiger partial charge on any atom is 0.406 e. The van der Waals surface area contributed by atoms with Crippen LogP contribution in [-0.4, -0.2) is 127 Å². The summed E-state index contributed by atoms with van der Waals surface area (Å²) in [5.74, 6) is 6.40. The summed E-state index contributed by atoms with van der Waals surface area (Å²) in [4.78, 5) is 36.6. The predicted octanol–water partition coefficient (Wildman–Crippen LogP) is 10.1. The Balaban J connectivity index is 0.825. The first-order valence-electron chi connectivity index (χ1n) is 25.2. The van der Waals surface area contributed by atoms with Gasteiger partial charge >= 0.3 is 6.18 Å². The molecule has 5 aromatic rings. The van der Waals surface area contributed by atoms with Crippen molar-refractivity contribution in [1.29, 1.82) is 10.8 Å². The molecule has 3 atom stereocenters. The number of nitrogens with zero attached hydrogens (tertiary/aromatic N) is 5. The van der Waals surface area contributed by atoms with Crippen molar-refractivity contribution in [2.75, 3.05) is 75.2 Å². The average Bonchev–Trinajstić information content (AvgIpc) is 3.81. The first-order valence-corrected chi connectivity index (χ1v) is 29.0. The molecule has 0 radical (unpaired) electrons. The number of thiophene rings is 1. The molecule has 3 unspecified atom stereocenters. The number of hydrogen-bond donors (Lipinski definition) is 5. The van der Waals surface area contributed by atoms with Crippen LogP contribution < -0.4 is 26.2 Å². The zero-order valence-corrected chi connectivity index (χ0v) is 45.6. The normalized spacial score (nSPS) is 18.9. The van der Waals surface area contributed by atoms with Crippen LogP contribution in [0.5, 0.6) is 0 Å². The van der Waals surface area contributed by atoms with E-state index in [1.807, 2.05) is 61.3 Å². The summed E-state index contributed by atoms with van der Waals surface area (Å²) < 4.78 is 55.3. The van der Waals surface area contributed by atoms with Gasteiger partial charge in [-0.15, -0.1) is 11.3 Å². The molecule has 0 aliphatic carbocycles. The molecule has 3 aliphatic heterocycles. The lowest BCUT2D eigenvalue weighted by molar-refractivity contribution is -0.140. The Morgan fingerprint density at radius 1 is 0.973 bits per heavy atom. The van der Waals surface area contributed by atoms with Crippen molar-refractivity contribution in [1.82, 2.24) is 24.6 Å². The van der Waals surface area contributed by atoms with Crippen LogP contribution in [0.4, 0.5) is 29.5 Å². The minimum atomic E-state index is -4.45. The van der Waals surface area contributed by atoms with Gasteiger partial charge in [0.15, 0.2) is 0 Å². The molecule has 3 aliphatic rings. The van der Waals surface area contributed by atoms with Gasteiger partial charge < -0.3 is 30.0 Å². The topological polar surface area (TPSA) is 153 Å². The maximum absolute atomic E-state index is 14.0. The number of rotatable bonds is 13. The Labute approximate surface area is 441 Å². The number of benzene rings is 3. The Bertz CT molecular complexity index is 3000. The monoisotopic (exact) mass is 1070 g/mol. The summed E-state index contributed by atoms with van der Waals surface area (Å²) in [5, 5.41) is 31.1. The summed E-state index contributed by atoms with van der Waals surface area (Å²) in [7, 11) is -0.445. The van der Waals surface area contributed by atoms with Crippen LogP contribution in [0.2, 0.25) is 5.02 Å². The van der Waals surface area contributed by atoms with E-state index in [0.29, 0.717) is 48.6 Å². The number of hydrogen-bond acceptors (Lipinski definition) is 10. The summed E-state index contributed by atoms with van der Waals surface area (Å²) >= 11 is 7.88. The van der Waals surface area contributed by atoms with Crippen LogP contribution >= 0.6 is 30.1 Å². The minimum absolute atomic E-state index is 0.0346. The standard InChI is InChI=1S/C55H67ClF3N10O3PS/c1-34-36(3)74-54-51(34)52(39-13-15-40(56)16-14-39)65(5)48(53(61)69(54)37(4)60)31-49(70)63-35(2)38-21-28-67(29-22-38)50(71)32-66-26-23-42(24-27-66)64-46-11-8-12-47-45(46)30-43(68(47)33-55(57,58)59)10-9-25-62-41-17-19-44(20-18-41)73(6,7)72/h8,11-20,30,35,38,42,48,52,60-62,64H,21-29,31-33H2,1-7H3,(H,63,70). The molecule has 8 rings (SSSR count). The third-order valence-electron chi connectivity index (χ3n) is 14.9. The molecule has 74 heavy (non-hydrogen) atoms. The molecule has 5 N–H and O–H groups in total. The predicted molar refractivity (Wildman–Crippen MR) is 296 cm³/mol. The number of piperidine rings is 2. The molecule has 2 fully saturated rings. The van der Waals surface area contributed by atoms with E-state index in [1.54, 1.807) is 66.8 Å². The second-order valence-electron chi connectivity index (χ2n) is 20.4. The SMILES string of the molecule is CC(=N)N1C(=N)C(CC(=O)NC(C)C2CCN(C(=O)CN3CCC(Nc4cccc5c4cc(C#CCNc4ccc(P(C)(C)=O)cc4)n5CC(F)(F)F)CC3)CC2)N(C)C(c2ccc(Cl)cc2)c2c1sc(C)c2C. The Morgan fingerprint density at radius 2 is 1.65 bits per heavy atom. The number of aryl methyl sites for hydroxylation is 1. The van der Waals surface area contributed by atoms with Gasteiger partial charge in [0.05, 0.1) is 36.4 Å². The van der Waals surface area contributed by atoms with Crippen LogP contribution in [0.3, 0.4) is 0 Å². The van der Waals surface area contributed by atoms with E-state index in [-0.39, 0.29) is 66.2 Å². The van der Waals surface area contributed by atoms with Gasteiger partial charge in [-0.2, -0.15) is 13.2 Å². The summed E-state index contributed by atoms with van der Waals surface area (Å²) in [5.41, 5.74) is 5.32. The van der Waals surface area contributed by atoms with Crippen LogP contribution in [-0.2, 0) is 20.7 Å². The van der Waals surface area contributed by atoms with Crippen molar-refractivity contribution in [3.8, 4) is 11.8 Å². The van der Waals surface area contributed by atoms with Crippen LogP contribution in [0.1, 0.15) is 79.3 Å². The van der Waals surface area contributed by atoms with E-state index in [0.717, 1.165) is 68.9 Å². The third kappa shape index (κ3) is 12.5. The fourth-order valence-electron chi connectivity index (χ4n) is 10.7. The number of fused-ring (bicyclic) bond motifs is 2. The second kappa shape index (κ2) is 22.7. The van der Waals surface area contributed by atoms with Gasteiger partial charge in [0.25, 0.3) is 0 Å². The number of alkyl halides is 3. The molecule has 2 saturated heterocycles. The Hall–Kier alpha value is -5.63. The van der Waals surface area contributed by atoms with Crippen molar-refractivity contribution in [2.45, 2.75) is 96.7 Å². The number of carbonyl (C=O) groups excluding carboxylic acids is 2. The fourth-order valence-corrected chi connectivity index (χ4v) is 12.9. The first-order chi connectivity index (χ1) is 35.1. The number of nitrogens with one attached hydrogen (secondary N) is 5. The molecular formula is C55H67ClF3N10O3PS. The lowest BCUT2D eigenvalue weighted by Crippen LogP contribution is -2.51. The van der Waals surface area contributed by atoms with Crippen LogP contribution in [0.15, 0.2) is 72.8 Å². The number of anilines is 3. The van der Waals surface area contributed by atoms with E-state index in [4.69, 9.17) is 17.0 Å². The number of aromatic nitrogens is 1. The molecule has 2 amide bonds. The third-order valence-corrected chi connectivity index (χ3v) is 17.9. The smallest absolute Gasteiger partial charge is 0.382 e. The quantitative estimate of drug-likeness (QED) is 0.0338. The molecule has 5 heterocycles. The zero-order valence-electron chi connectivity index (χ0n) is 43.1. The van der Waals surface area contributed by atoms with Gasteiger partial charge in [0.1, 0.15) is 30.4 Å².